The summed E-state index contributed by atoms with van der Waals surface area (Å²) < 4.78 is 4.60. The Balaban J connectivity index is 1.48. The Morgan fingerprint density at radius 2 is 2.26 bits per heavy atom. The molecule has 5 N–H and O–H groups in total. The van der Waals surface area contributed by atoms with Crippen molar-refractivity contribution < 1.29 is 24.7 Å². The molecule has 0 aliphatic carbocycles. The number of carboxylic acid groups (broad SMARTS) is 1. The number of fused-ring (bicyclic) bond motifs is 1. The van der Waals surface area contributed by atoms with Crippen LogP contribution in [0.25, 0.3) is 0 Å². The van der Waals surface area contributed by atoms with E-state index in [0.29, 0.717) is 21.4 Å². The Labute approximate surface area is 190 Å². The van der Waals surface area contributed by atoms with Crippen LogP contribution in [0.1, 0.15) is 5.69 Å². The first-order valence-corrected chi connectivity index (χ1v) is 12.1. The van der Waals surface area contributed by atoms with E-state index in [1.54, 1.807) is 0 Å². The van der Waals surface area contributed by atoms with Crippen molar-refractivity contribution in [2.45, 2.75) is 15.8 Å². The number of rotatable bonds is 7. The van der Waals surface area contributed by atoms with Gasteiger partial charge in [0.1, 0.15) is 29.1 Å². The minimum absolute atomic E-state index is 0.0736. The van der Waals surface area contributed by atoms with Crippen molar-refractivity contribution in [3.63, 3.8) is 0 Å². The molecule has 0 bridgehead atoms. The Kier molecular flexibility index (Phi) is 6.12. The highest BCUT2D eigenvalue weighted by Gasteiger charge is 2.54. The van der Waals surface area contributed by atoms with Gasteiger partial charge in [0.25, 0.3) is 11.8 Å². The second kappa shape index (κ2) is 8.81. The highest BCUT2D eigenvalue weighted by atomic mass is 32.2. The molecule has 16 heteroatoms. The number of aliphatic carboxylic acids is 1. The monoisotopic (exact) mass is 499 g/mol. The molecule has 2 aromatic rings. The van der Waals surface area contributed by atoms with Gasteiger partial charge in [-0.2, -0.15) is 4.37 Å². The fourth-order valence-electron chi connectivity index (χ4n) is 2.99. The lowest BCUT2D eigenvalue weighted by atomic mass is 10.0. The Bertz CT molecular complexity index is 1100. The number of β-lactam (4-membered cyclic amide) rings is 1. The number of thiazole rings is 1. The number of anilines is 1. The topological polar surface area (TPSA) is 184 Å². The van der Waals surface area contributed by atoms with Gasteiger partial charge in [0, 0.05) is 16.9 Å². The molecule has 0 radical (unpaired) electrons. The molecular weight excluding hydrogens is 486 g/mol. The van der Waals surface area contributed by atoms with E-state index in [9.17, 15) is 24.7 Å². The van der Waals surface area contributed by atoms with E-state index < -0.39 is 29.2 Å². The molecule has 2 amide bonds. The summed E-state index contributed by atoms with van der Waals surface area (Å²) >= 11 is 4.95. The molecule has 2 aliphatic rings. The predicted molar refractivity (Wildman–Crippen MR) is 115 cm³/mol. The summed E-state index contributed by atoms with van der Waals surface area (Å²) in [7, 11) is 0. The average molecular weight is 500 g/mol. The summed E-state index contributed by atoms with van der Waals surface area (Å²) in [5.74, 6) is -1.87. The Hall–Kier alpha value is -2.69. The summed E-state index contributed by atoms with van der Waals surface area (Å²) in [5, 5.41) is 25.4. The van der Waals surface area contributed by atoms with Gasteiger partial charge in [0.2, 0.25) is 0 Å². The van der Waals surface area contributed by atoms with Gasteiger partial charge in [0.15, 0.2) is 15.2 Å². The number of oxime groups is 1. The minimum Gasteiger partial charge on any atom is -0.477 e. The molecule has 2 atom stereocenters. The highest BCUT2D eigenvalue weighted by molar-refractivity contribution is 8.01. The zero-order chi connectivity index (χ0) is 22.1. The third-order valence-electron chi connectivity index (χ3n) is 4.33. The average Bonchev–Trinajstić information content (AvgIpc) is 3.42. The van der Waals surface area contributed by atoms with E-state index >= 15 is 0 Å². The number of nitrogens with zero attached hydrogens (tertiary/aromatic N) is 5. The maximum atomic E-state index is 12.7. The number of carboxylic acids is 1. The van der Waals surface area contributed by atoms with Gasteiger partial charge in [-0.05, 0) is 17.1 Å². The van der Waals surface area contributed by atoms with Crippen LogP contribution in [0, 0.1) is 0 Å². The number of thioether (sulfide) groups is 2. The summed E-state index contributed by atoms with van der Waals surface area (Å²) in [5.41, 5.74) is 5.73. The number of aromatic nitrogens is 3. The van der Waals surface area contributed by atoms with Crippen molar-refractivity contribution in [2.75, 3.05) is 17.2 Å². The smallest absolute Gasteiger partial charge is 0.352 e. The number of nitrogens with two attached hydrogens (primary N) is 1. The summed E-state index contributed by atoms with van der Waals surface area (Å²) in [6.07, 6.45) is 1.42. The first-order valence-electron chi connectivity index (χ1n) is 8.44. The molecule has 0 spiro atoms. The van der Waals surface area contributed by atoms with Crippen LogP contribution < -0.4 is 11.1 Å². The van der Waals surface area contributed by atoms with Crippen LogP contribution in [0.2, 0.25) is 0 Å². The number of nitrogen functional groups attached to an aromatic ring is 1. The van der Waals surface area contributed by atoms with E-state index in [2.05, 4.69) is 24.8 Å². The van der Waals surface area contributed by atoms with E-state index in [1.807, 2.05) is 0 Å². The summed E-state index contributed by atoms with van der Waals surface area (Å²) in [6, 6.07) is -0.961. The van der Waals surface area contributed by atoms with Crippen LogP contribution in [0.5, 0.6) is 0 Å². The van der Waals surface area contributed by atoms with Gasteiger partial charge in [0.05, 0.1) is 0 Å². The van der Waals surface area contributed by atoms with Crippen LogP contribution in [0.4, 0.5) is 5.13 Å². The molecule has 162 valence electrons. The molecule has 1 fully saturated rings. The van der Waals surface area contributed by atoms with Crippen molar-refractivity contribution in [1.29, 1.82) is 0 Å². The number of nitrogens with one attached hydrogen (secondary N) is 1. The fraction of sp³-hybridized carbons (Fsp3) is 0.267. The van der Waals surface area contributed by atoms with E-state index in [4.69, 9.17) is 5.73 Å². The number of amides is 2. The van der Waals surface area contributed by atoms with Crippen molar-refractivity contribution in [3.8, 4) is 0 Å². The van der Waals surface area contributed by atoms with Crippen LogP contribution in [-0.4, -0.2) is 76.0 Å². The van der Waals surface area contributed by atoms with Crippen molar-refractivity contribution >= 4 is 75.0 Å². The van der Waals surface area contributed by atoms with Crippen molar-refractivity contribution in [2.24, 2.45) is 5.16 Å². The number of carbonyl (C=O) groups is 3. The van der Waals surface area contributed by atoms with Crippen molar-refractivity contribution in [1.82, 2.24) is 24.6 Å². The standard InChI is InChI=1S/C15H13N7O5S4/c16-14-19-6(3-29-14)7(21-27)10(23)20-8-11(24)22-9(13(25)26)5(1-28-12(8)22)2-30-15-17-4-18-31-15/h3-4,8,12,27H,1-2H2,(H2,16,19)(H,20,23)(H,25,26)/b21-7-. The molecule has 2 unspecified atom stereocenters. The van der Waals surface area contributed by atoms with E-state index in [-0.39, 0.29) is 22.2 Å². The molecule has 0 aromatic carbocycles. The van der Waals surface area contributed by atoms with Crippen LogP contribution in [0.15, 0.2) is 32.5 Å². The lowest BCUT2D eigenvalue weighted by molar-refractivity contribution is -0.150. The maximum Gasteiger partial charge on any atom is 0.352 e. The fourth-order valence-corrected chi connectivity index (χ4v) is 6.47. The largest absolute Gasteiger partial charge is 0.477 e. The molecule has 4 heterocycles. The maximum absolute atomic E-state index is 12.7. The molecular formula is C15H13N7O5S4. The quantitative estimate of drug-likeness (QED) is 0.135. The van der Waals surface area contributed by atoms with Gasteiger partial charge < -0.3 is 21.4 Å². The predicted octanol–water partition coefficient (Wildman–Crippen LogP) is 0.286. The number of carbonyl (C=O) groups excluding carboxylic acids is 2. The third kappa shape index (κ3) is 4.10. The van der Waals surface area contributed by atoms with Crippen molar-refractivity contribution in [3.05, 3.63) is 28.7 Å². The normalized spacial score (nSPS) is 21.0. The van der Waals surface area contributed by atoms with Gasteiger partial charge in [-0.3, -0.25) is 14.5 Å². The lowest BCUT2D eigenvalue weighted by Crippen LogP contribution is -2.71. The molecule has 12 nitrogen and oxygen atoms in total. The SMILES string of the molecule is Nc1nc(/C(=N/O)C(=O)NC2C(=O)N3C(C(=O)O)=C(CSc4ncns4)CSC23)cs1. The molecule has 2 aliphatic heterocycles. The summed E-state index contributed by atoms with van der Waals surface area (Å²) in [4.78, 5) is 46.2. The summed E-state index contributed by atoms with van der Waals surface area (Å²) in [6.45, 7) is 0. The zero-order valence-corrected chi connectivity index (χ0v) is 18.6. The molecule has 2 aromatic heterocycles. The molecule has 4 rings (SSSR count). The van der Waals surface area contributed by atoms with Crippen LogP contribution >= 0.6 is 46.4 Å². The minimum atomic E-state index is -1.22. The second-order valence-corrected chi connectivity index (χ2v) is 10.1. The van der Waals surface area contributed by atoms with Gasteiger partial charge >= 0.3 is 5.97 Å². The Morgan fingerprint density at radius 1 is 1.45 bits per heavy atom. The number of hydrogen-bond acceptors (Lipinski definition) is 13. The Morgan fingerprint density at radius 3 is 2.87 bits per heavy atom. The van der Waals surface area contributed by atoms with Gasteiger partial charge in [-0.1, -0.05) is 16.9 Å². The van der Waals surface area contributed by atoms with E-state index in [0.717, 1.165) is 11.3 Å². The third-order valence-corrected chi connectivity index (χ3v) is 8.22. The van der Waals surface area contributed by atoms with Crippen LogP contribution in [-0.2, 0) is 14.4 Å². The lowest BCUT2D eigenvalue weighted by Gasteiger charge is -2.49. The molecule has 0 saturated carbocycles. The van der Waals surface area contributed by atoms with E-state index in [1.165, 1.54) is 51.7 Å². The molecule has 1 saturated heterocycles. The van der Waals surface area contributed by atoms with Gasteiger partial charge in [-0.25, -0.2) is 14.8 Å². The molecule has 31 heavy (non-hydrogen) atoms. The number of hydrogen-bond donors (Lipinski definition) is 4. The first-order chi connectivity index (χ1) is 14.9. The highest BCUT2D eigenvalue weighted by Crippen LogP contribution is 2.41. The van der Waals surface area contributed by atoms with Crippen LogP contribution in [0.3, 0.4) is 0 Å². The van der Waals surface area contributed by atoms with Gasteiger partial charge in [-0.15, -0.1) is 23.1 Å². The first kappa shape index (κ1) is 21.5. The zero-order valence-electron chi connectivity index (χ0n) is 15.3. The second-order valence-electron chi connectivity index (χ2n) is 6.13.